The molecule has 4 rings (SSSR count). The van der Waals surface area contributed by atoms with Crippen LogP contribution >= 0.6 is 0 Å². The van der Waals surface area contributed by atoms with Crippen LogP contribution in [0.2, 0.25) is 0 Å². The lowest BCUT2D eigenvalue weighted by Crippen LogP contribution is -2.18. The largest absolute Gasteiger partial charge is 0.495 e. The van der Waals surface area contributed by atoms with Gasteiger partial charge in [-0.1, -0.05) is 0 Å². The minimum absolute atomic E-state index is 0.0337. The van der Waals surface area contributed by atoms with Gasteiger partial charge in [-0.2, -0.15) is 10.4 Å². The van der Waals surface area contributed by atoms with E-state index in [0.717, 1.165) is 18.4 Å². The molecule has 0 amide bonds. The number of nitriles is 1. The molecule has 25 heavy (non-hydrogen) atoms. The highest BCUT2D eigenvalue weighted by Gasteiger charge is 2.31. The Labute approximate surface area is 143 Å². The zero-order chi connectivity index (χ0) is 17.4. The second kappa shape index (κ2) is 6.18. The zero-order valence-corrected chi connectivity index (χ0v) is 13.5. The van der Waals surface area contributed by atoms with E-state index in [-0.39, 0.29) is 23.9 Å². The molecule has 0 spiro atoms. The number of nitrogens with zero attached hydrogens (tertiary/aromatic N) is 5. The number of aromatic nitrogens is 5. The molecule has 8 nitrogen and oxygen atoms in total. The van der Waals surface area contributed by atoms with Crippen molar-refractivity contribution in [1.82, 2.24) is 24.7 Å². The van der Waals surface area contributed by atoms with Crippen LogP contribution in [0.5, 0.6) is 5.88 Å². The average molecular weight is 338 g/mol. The van der Waals surface area contributed by atoms with Gasteiger partial charge >= 0.3 is 0 Å². The molecule has 3 aromatic rings. The number of nitrogens with one attached hydrogen (secondary N) is 1. The Balaban J connectivity index is 1.69. The summed E-state index contributed by atoms with van der Waals surface area (Å²) in [6.07, 6.45) is 7.45. The minimum Gasteiger partial charge on any atom is -0.495 e. The molecule has 1 aliphatic carbocycles. The lowest BCUT2D eigenvalue weighted by molar-refractivity contribution is 0.170. The van der Waals surface area contributed by atoms with Gasteiger partial charge in [-0.3, -0.25) is 4.68 Å². The summed E-state index contributed by atoms with van der Waals surface area (Å²) in [5.74, 6) is 0.274. The summed E-state index contributed by atoms with van der Waals surface area (Å²) in [7, 11) is 0. The average Bonchev–Trinajstić information content (AvgIpc) is 3.30. The van der Waals surface area contributed by atoms with Gasteiger partial charge in [-0.15, -0.1) is 0 Å². The van der Waals surface area contributed by atoms with Crippen molar-refractivity contribution >= 4 is 11.0 Å². The van der Waals surface area contributed by atoms with Crippen LogP contribution in [0, 0.1) is 17.2 Å². The standard InChI is InChI=1S/C17H18N6O2/c18-4-3-14(10-1-2-12(24)5-10)23-8-11(7-21-23)16-13-6-15(25)22-17(13)20-9-19-16/h6-10,12,14,24-25H,1-3,5H2,(H,19,20,22). The molecule has 3 atom stereocenters. The molecule has 0 aromatic carbocycles. The third kappa shape index (κ3) is 2.83. The second-order valence-electron chi connectivity index (χ2n) is 6.50. The van der Waals surface area contributed by atoms with Crippen LogP contribution < -0.4 is 0 Å². The van der Waals surface area contributed by atoms with Gasteiger partial charge in [0, 0.05) is 23.2 Å². The van der Waals surface area contributed by atoms with E-state index in [4.69, 9.17) is 0 Å². The molecule has 3 N–H and O–H groups in total. The van der Waals surface area contributed by atoms with Crippen molar-refractivity contribution in [3.8, 4) is 23.2 Å². The maximum Gasteiger partial charge on any atom is 0.190 e. The summed E-state index contributed by atoms with van der Waals surface area (Å²) < 4.78 is 1.81. The van der Waals surface area contributed by atoms with Gasteiger partial charge in [-0.05, 0) is 25.2 Å². The molecule has 0 bridgehead atoms. The van der Waals surface area contributed by atoms with Crippen molar-refractivity contribution in [2.24, 2.45) is 5.92 Å². The van der Waals surface area contributed by atoms with Crippen molar-refractivity contribution in [1.29, 1.82) is 5.26 Å². The maximum absolute atomic E-state index is 9.81. The smallest absolute Gasteiger partial charge is 0.190 e. The van der Waals surface area contributed by atoms with Crippen LogP contribution in [0.1, 0.15) is 31.7 Å². The van der Waals surface area contributed by atoms with Crippen LogP contribution in [0.25, 0.3) is 22.3 Å². The van der Waals surface area contributed by atoms with Crippen molar-refractivity contribution in [3.63, 3.8) is 0 Å². The molecule has 3 aromatic heterocycles. The zero-order valence-electron chi connectivity index (χ0n) is 13.5. The summed E-state index contributed by atoms with van der Waals surface area (Å²) >= 11 is 0. The summed E-state index contributed by atoms with van der Waals surface area (Å²) in [5, 5.41) is 33.8. The van der Waals surface area contributed by atoms with E-state index < -0.39 is 0 Å². The second-order valence-corrected chi connectivity index (χ2v) is 6.50. The molecule has 128 valence electrons. The normalized spacial score (nSPS) is 21.4. The Morgan fingerprint density at radius 3 is 3.04 bits per heavy atom. The van der Waals surface area contributed by atoms with Crippen molar-refractivity contribution in [2.45, 2.75) is 37.8 Å². The van der Waals surface area contributed by atoms with Crippen LogP contribution in [0.15, 0.2) is 24.8 Å². The van der Waals surface area contributed by atoms with Crippen molar-refractivity contribution in [3.05, 3.63) is 24.8 Å². The number of aliphatic hydroxyl groups excluding tert-OH is 1. The number of rotatable bonds is 4. The number of hydrogen-bond donors (Lipinski definition) is 3. The first-order valence-corrected chi connectivity index (χ1v) is 8.28. The van der Waals surface area contributed by atoms with E-state index in [1.807, 2.05) is 10.9 Å². The quantitative estimate of drug-likeness (QED) is 0.669. The van der Waals surface area contributed by atoms with Crippen LogP contribution in [-0.4, -0.2) is 41.0 Å². The molecule has 1 fully saturated rings. The fourth-order valence-corrected chi connectivity index (χ4v) is 3.71. The summed E-state index contributed by atoms with van der Waals surface area (Å²) in [6, 6.07) is 3.76. The highest BCUT2D eigenvalue weighted by atomic mass is 16.3. The van der Waals surface area contributed by atoms with Crippen LogP contribution in [0.4, 0.5) is 0 Å². The summed E-state index contributed by atoms with van der Waals surface area (Å²) in [4.78, 5) is 11.2. The SMILES string of the molecule is N#CCC(C1CCC(O)C1)n1cc(-c2ncnc3[nH]c(O)cc23)cn1. The predicted molar refractivity (Wildman–Crippen MR) is 89.4 cm³/mol. The molecule has 1 saturated carbocycles. The van der Waals surface area contributed by atoms with Gasteiger partial charge < -0.3 is 15.2 Å². The lowest BCUT2D eigenvalue weighted by Gasteiger charge is -2.21. The van der Waals surface area contributed by atoms with Gasteiger partial charge in [0.25, 0.3) is 0 Å². The molecule has 3 unspecified atom stereocenters. The van der Waals surface area contributed by atoms with Gasteiger partial charge in [0.05, 0.1) is 36.5 Å². The first-order chi connectivity index (χ1) is 12.2. The first kappa shape index (κ1) is 15.6. The number of aromatic amines is 1. The predicted octanol–water partition coefficient (Wildman–Crippen LogP) is 2.14. The monoisotopic (exact) mass is 338 g/mol. The van der Waals surface area contributed by atoms with E-state index in [2.05, 4.69) is 26.1 Å². The molecular formula is C17H18N6O2. The van der Waals surface area contributed by atoms with E-state index in [0.29, 0.717) is 29.6 Å². The van der Waals surface area contributed by atoms with Crippen molar-refractivity contribution in [2.75, 3.05) is 0 Å². The topological polar surface area (TPSA) is 124 Å². The van der Waals surface area contributed by atoms with Gasteiger partial charge in [-0.25, -0.2) is 9.97 Å². The fourth-order valence-electron chi connectivity index (χ4n) is 3.71. The molecule has 8 heteroatoms. The maximum atomic E-state index is 9.81. The molecule has 0 aliphatic heterocycles. The molecule has 0 saturated heterocycles. The minimum atomic E-state index is -0.287. The number of fused-ring (bicyclic) bond motifs is 1. The summed E-state index contributed by atoms with van der Waals surface area (Å²) in [6.45, 7) is 0. The van der Waals surface area contributed by atoms with E-state index in [1.54, 1.807) is 12.3 Å². The molecule has 1 aliphatic rings. The Bertz CT molecular complexity index is 940. The van der Waals surface area contributed by atoms with Gasteiger partial charge in [0.15, 0.2) is 5.88 Å². The lowest BCUT2D eigenvalue weighted by atomic mass is 9.96. The van der Waals surface area contributed by atoms with Crippen molar-refractivity contribution < 1.29 is 10.2 Å². The Morgan fingerprint density at radius 1 is 1.40 bits per heavy atom. The fraction of sp³-hybridized carbons (Fsp3) is 0.412. The van der Waals surface area contributed by atoms with E-state index in [1.165, 1.54) is 6.33 Å². The number of H-pyrrole nitrogens is 1. The summed E-state index contributed by atoms with van der Waals surface area (Å²) in [5.41, 5.74) is 2.03. The highest BCUT2D eigenvalue weighted by molar-refractivity contribution is 5.91. The van der Waals surface area contributed by atoms with Gasteiger partial charge in [0.2, 0.25) is 0 Å². The number of aromatic hydroxyl groups is 1. The highest BCUT2D eigenvalue weighted by Crippen LogP contribution is 2.37. The number of aliphatic hydroxyl groups is 1. The molecular weight excluding hydrogens is 320 g/mol. The Kier molecular flexibility index (Phi) is 3.86. The number of hydrogen-bond acceptors (Lipinski definition) is 6. The van der Waals surface area contributed by atoms with E-state index >= 15 is 0 Å². The van der Waals surface area contributed by atoms with Crippen LogP contribution in [-0.2, 0) is 0 Å². The molecule has 0 radical (unpaired) electrons. The van der Waals surface area contributed by atoms with Crippen LogP contribution in [0.3, 0.4) is 0 Å². The Morgan fingerprint density at radius 2 is 2.28 bits per heavy atom. The van der Waals surface area contributed by atoms with Gasteiger partial charge in [0.1, 0.15) is 12.0 Å². The molecule has 3 heterocycles. The Hall–Kier alpha value is -2.92. The third-order valence-corrected chi connectivity index (χ3v) is 4.92. The third-order valence-electron chi connectivity index (χ3n) is 4.92. The van der Waals surface area contributed by atoms with E-state index in [9.17, 15) is 15.5 Å². The first-order valence-electron chi connectivity index (χ1n) is 8.28.